The van der Waals surface area contributed by atoms with Crippen molar-refractivity contribution >= 4 is 5.84 Å². The first-order valence-corrected chi connectivity index (χ1v) is 9.10. The number of nitrogens with two attached hydrogens (primary N) is 1. The van der Waals surface area contributed by atoms with Crippen molar-refractivity contribution in [3.05, 3.63) is 35.6 Å². The summed E-state index contributed by atoms with van der Waals surface area (Å²) in [5.74, 6) is 1.46. The largest absolute Gasteiger partial charge is 0.494 e. The number of hydrogen-bond donors (Lipinski definition) is 3. The van der Waals surface area contributed by atoms with Gasteiger partial charge in [-0.05, 0) is 75.3 Å². The molecule has 0 heterocycles. The molecule has 5 heteroatoms. The van der Waals surface area contributed by atoms with Gasteiger partial charge in [0.05, 0.1) is 6.61 Å². The number of hydrazone groups is 1. The van der Waals surface area contributed by atoms with Crippen LogP contribution in [0.15, 0.2) is 40.7 Å². The highest BCUT2D eigenvalue weighted by Gasteiger charge is 2.41. The number of hydrogen-bond acceptors (Lipinski definition) is 4. The van der Waals surface area contributed by atoms with Crippen LogP contribution in [0.5, 0.6) is 0 Å². The summed E-state index contributed by atoms with van der Waals surface area (Å²) in [7, 11) is 2.02. The van der Waals surface area contributed by atoms with Gasteiger partial charge in [0.1, 0.15) is 11.6 Å². The average Bonchev–Trinajstić information content (AvgIpc) is 3.38. The highest BCUT2D eigenvalue weighted by atomic mass is 16.5. The summed E-state index contributed by atoms with van der Waals surface area (Å²) in [6.45, 7) is 4.82. The summed E-state index contributed by atoms with van der Waals surface area (Å²) < 4.78 is 5.96. The number of ether oxygens (including phenoxy) is 1. The van der Waals surface area contributed by atoms with Gasteiger partial charge in [-0.3, -0.25) is 0 Å². The molecule has 0 aromatic heterocycles. The van der Waals surface area contributed by atoms with Gasteiger partial charge in [0, 0.05) is 6.54 Å². The maximum absolute atomic E-state index is 6.03. The minimum atomic E-state index is 0.529. The van der Waals surface area contributed by atoms with Gasteiger partial charge < -0.3 is 21.2 Å². The van der Waals surface area contributed by atoms with E-state index >= 15 is 0 Å². The fraction of sp³-hybridized carbons (Fsp3) is 0.632. The molecular formula is C19H32N4O. The Labute approximate surface area is 146 Å². The number of amidine groups is 1. The minimum Gasteiger partial charge on any atom is -0.494 e. The molecule has 2 aliphatic rings. The molecule has 0 radical (unpaired) electrons. The van der Waals surface area contributed by atoms with E-state index in [0.717, 1.165) is 50.3 Å². The number of nitrogens with one attached hydrogen (secondary N) is 2. The van der Waals surface area contributed by atoms with Gasteiger partial charge >= 0.3 is 0 Å². The minimum absolute atomic E-state index is 0.529. The smallest absolute Gasteiger partial charge is 0.146 e. The summed E-state index contributed by atoms with van der Waals surface area (Å²) in [5, 5.41) is 7.45. The average molecular weight is 332 g/mol. The zero-order valence-corrected chi connectivity index (χ0v) is 15.1. The molecule has 0 spiro atoms. The van der Waals surface area contributed by atoms with Gasteiger partial charge in [0.25, 0.3) is 0 Å². The number of rotatable bonds is 11. The van der Waals surface area contributed by atoms with Crippen LogP contribution in [0.25, 0.3) is 0 Å². The van der Waals surface area contributed by atoms with Crippen LogP contribution in [0.2, 0.25) is 0 Å². The van der Waals surface area contributed by atoms with Crippen molar-refractivity contribution in [3.63, 3.8) is 0 Å². The Morgan fingerprint density at radius 1 is 1.29 bits per heavy atom. The summed E-state index contributed by atoms with van der Waals surface area (Å²) in [4.78, 5) is 0. The molecule has 1 saturated carbocycles. The Hall–Kier alpha value is -1.75. The summed E-state index contributed by atoms with van der Waals surface area (Å²) in [6.07, 6.45) is 15.0. The highest BCUT2D eigenvalue weighted by Crippen LogP contribution is 2.51. The molecule has 2 rings (SSSR count). The third kappa shape index (κ3) is 6.04. The molecule has 0 bridgehead atoms. The van der Waals surface area contributed by atoms with Crippen molar-refractivity contribution < 1.29 is 4.74 Å². The van der Waals surface area contributed by atoms with Crippen LogP contribution in [0.1, 0.15) is 45.4 Å². The van der Waals surface area contributed by atoms with Crippen LogP contribution in [0, 0.1) is 5.41 Å². The topological polar surface area (TPSA) is 71.7 Å². The molecule has 2 aliphatic carbocycles. The van der Waals surface area contributed by atoms with Gasteiger partial charge in [0.15, 0.2) is 0 Å². The Bertz CT molecular complexity index is 515. The number of nitrogens with zero attached hydrogens (tertiary/aromatic N) is 1. The van der Waals surface area contributed by atoms with Gasteiger partial charge in [-0.2, -0.15) is 5.10 Å². The van der Waals surface area contributed by atoms with Crippen LogP contribution >= 0.6 is 0 Å². The van der Waals surface area contributed by atoms with E-state index < -0.39 is 0 Å². The van der Waals surface area contributed by atoms with Crippen molar-refractivity contribution in [2.24, 2.45) is 16.3 Å². The molecule has 4 N–H and O–H groups in total. The summed E-state index contributed by atoms with van der Waals surface area (Å²) in [6, 6.07) is 0. The van der Waals surface area contributed by atoms with Crippen molar-refractivity contribution in [2.75, 3.05) is 26.7 Å². The van der Waals surface area contributed by atoms with Gasteiger partial charge in [-0.1, -0.05) is 19.1 Å². The molecule has 24 heavy (non-hydrogen) atoms. The second-order valence-corrected chi connectivity index (χ2v) is 6.72. The summed E-state index contributed by atoms with van der Waals surface area (Å²) in [5.41, 5.74) is 10.5. The molecule has 0 aromatic carbocycles. The molecule has 5 nitrogen and oxygen atoms in total. The van der Waals surface area contributed by atoms with E-state index in [1.54, 1.807) is 0 Å². The van der Waals surface area contributed by atoms with Crippen LogP contribution in [0.3, 0.4) is 0 Å². The molecule has 0 aliphatic heterocycles. The fourth-order valence-corrected chi connectivity index (χ4v) is 2.80. The lowest BCUT2D eigenvalue weighted by molar-refractivity contribution is 0.191. The first-order valence-electron chi connectivity index (χ1n) is 9.10. The molecule has 0 amide bonds. The van der Waals surface area contributed by atoms with Crippen LogP contribution in [-0.2, 0) is 4.74 Å². The van der Waals surface area contributed by atoms with Crippen LogP contribution in [0.4, 0.5) is 0 Å². The molecular weight excluding hydrogens is 300 g/mol. The van der Waals surface area contributed by atoms with Crippen LogP contribution < -0.4 is 16.5 Å². The zero-order valence-electron chi connectivity index (χ0n) is 15.1. The van der Waals surface area contributed by atoms with Crippen molar-refractivity contribution in [1.29, 1.82) is 0 Å². The Morgan fingerprint density at radius 3 is 2.83 bits per heavy atom. The zero-order chi connectivity index (χ0) is 17.3. The van der Waals surface area contributed by atoms with E-state index in [1.807, 2.05) is 25.3 Å². The molecule has 0 saturated heterocycles. The lowest BCUT2D eigenvalue weighted by atomic mass is 9.99. The quantitative estimate of drug-likeness (QED) is 0.235. The first kappa shape index (κ1) is 18.6. The lowest BCUT2D eigenvalue weighted by Gasteiger charge is -2.15. The third-order valence-electron chi connectivity index (χ3n) is 4.72. The fourth-order valence-electron chi connectivity index (χ4n) is 2.80. The number of allylic oxidation sites excluding steroid dienone is 4. The van der Waals surface area contributed by atoms with E-state index in [4.69, 9.17) is 10.5 Å². The van der Waals surface area contributed by atoms with Gasteiger partial charge in [0.2, 0.25) is 0 Å². The Kier molecular flexibility index (Phi) is 7.37. The predicted molar refractivity (Wildman–Crippen MR) is 101 cm³/mol. The molecule has 0 aromatic rings. The van der Waals surface area contributed by atoms with E-state index in [9.17, 15) is 0 Å². The SMILES string of the molecule is CCCNN=C(N)C1=CC=C(OCCC2(CCNC)CC2)C=CC1. The summed E-state index contributed by atoms with van der Waals surface area (Å²) >= 11 is 0. The molecule has 0 unspecified atom stereocenters. The monoisotopic (exact) mass is 332 g/mol. The molecule has 0 atom stereocenters. The van der Waals surface area contributed by atoms with Gasteiger partial charge in [-0.25, -0.2) is 0 Å². The van der Waals surface area contributed by atoms with Gasteiger partial charge in [-0.15, -0.1) is 0 Å². The normalized spacial score (nSPS) is 19.3. The maximum atomic E-state index is 6.03. The van der Waals surface area contributed by atoms with E-state index in [0.29, 0.717) is 11.3 Å². The predicted octanol–water partition coefficient (Wildman–Crippen LogP) is 2.82. The Balaban J connectivity index is 1.80. The second-order valence-electron chi connectivity index (χ2n) is 6.72. The van der Waals surface area contributed by atoms with E-state index in [1.165, 1.54) is 19.3 Å². The molecule has 134 valence electrons. The second kappa shape index (κ2) is 9.52. The van der Waals surface area contributed by atoms with E-state index in [2.05, 4.69) is 28.8 Å². The maximum Gasteiger partial charge on any atom is 0.146 e. The standard InChI is InChI=1S/C19H32N4O/c1-3-13-22-23-18(20)16-5-4-6-17(8-7-16)24-15-12-19(9-10-19)11-14-21-2/h4,6-8,21-22H,3,5,9-15H2,1-2H3,(H2,20,23). The third-order valence-corrected chi connectivity index (χ3v) is 4.72. The highest BCUT2D eigenvalue weighted by molar-refractivity contribution is 5.97. The van der Waals surface area contributed by atoms with Crippen molar-refractivity contribution in [2.45, 2.75) is 45.4 Å². The first-order chi connectivity index (χ1) is 11.7. The van der Waals surface area contributed by atoms with Crippen molar-refractivity contribution in [3.8, 4) is 0 Å². The van der Waals surface area contributed by atoms with Crippen molar-refractivity contribution in [1.82, 2.24) is 10.7 Å². The lowest BCUT2D eigenvalue weighted by Crippen LogP contribution is -2.20. The molecule has 1 fully saturated rings. The van der Waals surface area contributed by atoms with E-state index in [-0.39, 0.29) is 0 Å². The van der Waals surface area contributed by atoms with Crippen LogP contribution in [-0.4, -0.2) is 32.6 Å². The Morgan fingerprint density at radius 2 is 2.12 bits per heavy atom.